The van der Waals surface area contributed by atoms with Crippen molar-refractivity contribution in [2.24, 2.45) is 0 Å². The molecule has 5 heteroatoms. The summed E-state index contributed by atoms with van der Waals surface area (Å²) in [5, 5.41) is 6.19. The van der Waals surface area contributed by atoms with E-state index in [4.69, 9.17) is 4.74 Å². The van der Waals surface area contributed by atoms with Crippen molar-refractivity contribution >= 4 is 17.2 Å². The number of rotatable bonds is 6. The molecule has 18 heavy (non-hydrogen) atoms. The molecule has 1 aromatic rings. The summed E-state index contributed by atoms with van der Waals surface area (Å²) in [5.41, 5.74) is 1.18. The molecule has 0 fully saturated rings. The van der Waals surface area contributed by atoms with Crippen LogP contribution >= 0.6 is 11.3 Å². The van der Waals surface area contributed by atoms with Crippen LogP contribution in [-0.4, -0.2) is 32.1 Å². The van der Waals surface area contributed by atoms with E-state index in [0.29, 0.717) is 13.2 Å². The zero-order chi connectivity index (χ0) is 12.8. The van der Waals surface area contributed by atoms with E-state index in [1.54, 1.807) is 11.3 Å². The molecule has 2 rings (SSSR count). The summed E-state index contributed by atoms with van der Waals surface area (Å²) in [4.78, 5) is 14.0. The van der Waals surface area contributed by atoms with Gasteiger partial charge in [0.1, 0.15) is 0 Å². The van der Waals surface area contributed by atoms with Crippen molar-refractivity contribution in [1.82, 2.24) is 10.6 Å². The number of hydrogen-bond acceptors (Lipinski definition) is 4. The molecular formula is C13H20N2O2S. The van der Waals surface area contributed by atoms with E-state index in [9.17, 15) is 4.79 Å². The summed E-state index contributed by atoms with van der Waals surface area (Å²) in [6.07, 6.45) is 2.05. The molecule has 0 unspecified atom stereocenters. The molecule has 4 nitrogen and oxygen atoms in total. The molecule has 1 aliphatic rings. The maximum Gasteiger partial charge on any atom is 0.261 e. The van der Waals surface area contributed by atoms with Crippen molar-refractivity contribution in [2.45, 2.75) is 26.4 Å². The topological polar surface area (TPSA) is 50.4 Å². The molecule has 1 aromatic heterocycles. The van der Waals surface area contributed by atoms with Crippen LogP contribution in [0.1, 0.15) is 33.5 Å². The fraction of sp³-hybridized carbons (Fsp3) is 0.615. The molecule has 1 aliphatic heterocycles. The Kier molecular flexibility index (Phi) is 5.16. The predicted molar refractivity (Wildman–Crippen MR) is 73.2 cm³/mol. The van der Waals surface area contributed by atoms with E-state index in [1.807, 2.05) is 6.07 Å². The van der Waals surface area contributed by atoms with Crippen molar-refractivity contribution in [3.8, 4) is 0 Å². The molecule has 0 bridgehead atoms. The normalized spacial score (nSPS) is 14.3. The van der Waals surface area contributed by atoms with Gasteiger partial charge in [0.2, 0.25) is 0 Å². The van der Waals surface area contributed by atoms with Gasteiger partial charge >= 0.3 is 0 Å². The highest BCUT2D eigenvalue weighted by molar-refractivity contribution is 7.14. The minimum Gasteiger partial charge on any atom is -0.376 e. The summed E-state index contributed by atoms with van der Waals surface area (Å²) < 4.78 is 5.38. The second-order valence-corrected chi connectivity index (χ2v) is 5.50. The van der Waals surface area contributed by atoms with E-state index in [1.165, 1.54) is 10.4 Å². The molecule has 0 saturated carbocycles. The highest BCUT2D eigenvalue weighted by Crippen LogP contribution is 2.26. The minimum absolute atomic E-state index is 0.0349. The number of hydrogen-bond donors (Lipinski definition) is 2. The summed E-state index contributed by atoms with van der Waals surface area (Å²) >= 11 is 1.60. The van der Waals surface area contributed by atoms with Crippen LogP contribution < -0.4 is 10.6 Å². The molecule has 1 amide bonds. The van der Waals surface area contributed by atoms with Crippen LogP contribution in [-0.2, 0) is 17.8 Å². The molecule has 0 saturated heterocycles. The van der Waals surface area contributed by atoms with Gasteiger partial charge in [-0.25, -0.2) is 0 Å². The highest BCUT2D eigenvalue weighted by Gasteiger charge is 2.17. The summed E-state index contributed by atoms with van der Waals surface area (Å²) in [5.74, 6) is 0.0349. The lowest BCUT2D eigenvalue weighted by atomic mass is 10.2. The summed E-state index contributed by atoms with van der Waals surface area (Å²) in [6.45, 7) is 6.06. The van der Waals surface area contributed by atoms with Gasteiger partial charge in [0, 0.05) is 24.4 Å². The smallest absolute Gasteiger partial charge is 0.261 e. The van der Waals surface area contributed by atoms with Crippen molar-refractivity contribution < 1.29 is 9.53 Å². The first-order chi connectivity index (χ1) is 8.81. The molecular weight excluding hydrogens is 248 g/mol. The lowest BCUT2D eigenvalue weighted by Gasteiger charge is -2.10. The second kappa shape index (κ2) is 6.87. The highest BCUT2D eigenvalue weighted by atomic mass is 32.1. The zero-order valence-electron chi connectivity index (χ0n) is 10.8. The first-order valence-corrected chi connectivity index (χ1v) is 7.31. The maximum atomic E-state index is 11.9. The van der Waals surface area contributed by atoms with Gasteiger partial charge < -0.3 is 15.4 Å². The third-order valence-corrected chi connectivity index (χ3v) is 4.10. The van der Waals surface area contributed by atoms with E-state index >= 15 is 0 Å². The lowest BCUT2D eigenvalue weighted by Crippen LogP contribution is -2.31. The Hall–Kier alpha value is -0.910. The average Bonchev–Trinajstić information content (AvgIpc) is 2.82. The number of amides is 1. The quantitative estimate of drug-likeness (QED) is 0.770. The Morgan fingerprint density at radius 3 is 3.11 bits per heavy atom. The van der Waals surface area contributed by atoms with E-state index < -0.39 is 0 Å². The third kappa shape index (κ3) is 3.54. The molecule has 0 radical (unpaired) electrons. The fourth-order valence-corrected chi connectivity index (χ4v) is 2.98. The van der Waals surface area contributed by atoms with Crippen molar-refractivity contribution in [3.63, 3.8) is 0 Å². The van der Waals surface area contributed by atoms with Gasteiger partial charge in [-0.3, -0.25) is 4.79 Å². The molecule has 0 aliphatic carbocycles. The van der Waals surface area contributed by atoms with Gasteiger partial charge in [0.05, 0.1) is 18.1 Å². The minimum atomic E-state index is 0.0349. The Morgan fingerprint density at radius 2 is 2.33 bits per heavy atom. The summed E-state index contributed by atoms with van der Waals surface area (Å²) in [7, 11) is 0. The van der Waals surface area contributed by atoms with Crippen LogP contribution in [0, 0.1) is 0 Å². The molecule has 100 valence electrons. The van der Waals surface area contributed by atoms with Gasteiger partial charge in [0.15, 0.2) is 0 Å². The van der Waals surface area contributed by atoms with Crippen LogP contribution in [0.2, 0.25) is 0 Å². The molecule has 0 aromatic carbocycles. The second-order valence-electron chi connectivity index (χ2n) is 4.37. The number of nitrogens with one attached hydrogen (secondary N) is 2. The van der Waals surface area contributed by atoms with Crippen LogP contribution in [0.5, 0.6) is 0 Å². The Balaban J connectivity index is 1.80. The van der Waals surface area contributed by atoms with Crippen molar-refractivity contribution in [1.29, 1.82) is 0 Å². The SMILES string of the molecule is CCCNCCNC(=O)c1cc2c(s1)CCOC2. The molecule has 0 atom stereocenters. The standard InChI is InChI=1S/C13H20N2O2S/c1-2-4-14-5-6-15-13(16)12-8-10-9-17-7-3-11(10)18-12/h8,14H,2-7,9H2,1H3,(H,15,16). The molecule has 2 heterocycles. The van der Waals surface area contributed by atoms with Gasteiger partial charge in [-0.2, -0.15) is 0 Å². The van der Waals surface area contributed by atoms with Gasteiger partial charge in [0.25, 0.3) is 5.91 Å². The first-order valence-electron chi connectivity index (χ1n) is 6.49. The van der Waals surface area contributed by atoms with Crippen LogP contribution in [0.15, 0.2) is 6.07 Å². The number of ether oxygens (including phenoxy) is 1. The van der Waals surface area contributed by atoms with Crippen LogP contribution in [0.4, 0.5) is 0 Å². The number of fused-ring (bicyclic) bond motifs is 1. The largest absolute Gasteiger partial charge is 0.376 e. The van der Waals surface area contributed by atoms with Crippen molar-refractivity contribution in [2.75, 3.05) is 26.2 Å². The van der Waals surface area contributed by atoms with Gasteiger partial charge in [-0.1, -0.05) is 6.92 Å². The zero-order valence-corrected chi connectivity index (χ0v) is 11.6. The Morgan fingerprint density at radius 1 is 1.44 bits per heavy atom. The van der Waals surface area contributed by atoms with Gasteiger partial charge in [-0.15, -0.1) is 11.3 Å². The Bertz CT molecular complexity index is 380. The van der Waals surface area contributed by atoms with Crippen LogP contribution in [0.3, 0.4) is 0 Å². The average molecular weight is 268 g/mol. The van der Waals surface area contributed by atoms with Crippen molar-refractivity contribution in [3.05, 3.63) is 21.4 Å². The molecule has 0 spiro atoms. The first kappa shape index (κ1) is 13.5. The molecule has 2 N–H and O–H groups in total. The fourth-order valence-electron chi connectivity index (χ4n) is 1.91. The lowest BCUT2D eigenvalue weighted by molar-refractivity contribution is 0.0957. The van der Waals surface area contributed by atoms with E-state index in [-0.39, 0.29) is 5.91 Å². The van der Waals surface area contributed by atoms with E-state index in [0.717, 1.165) is 37.4 Å². The predicted octanol–water partition coefficient (Wildman–Crippen LogP) is 1.55. The maximum absolute atomic E-state index is 11.9. The monoisotopic (exact) mass is 268 g/mol. The number of thiophene rings is 1. The van der Waals surface area contributed by atoms with E-state index in [2.05, 4.69) is 17.6 Å². The third-order valence-electron chi connectivity index (χ3n) is 2.87. The van der Waals surface area contributed by atoms with Crippen LogP contribution in [0.25, 0.3) is 0 Å². The number of carbonyl (C=O) groups is 1. The number of carbonyl (C=O) groups excluding carboxylic acids is 1. The summed E-state index contributed by atoms with van der Waals surface area (Å²) in [6, 6.07) is 1.97. The van der Waals surface area contributed by atoms with Gasteiger partial charge in [-0.05, 0) is 24.6 Å². The Labute approximate surface area is 112 Å².